The van der Waals surface area contributed by atoms with Gasteiger partial charge in [0.2, 0.25) is 0 Å². The highest BCUT2D eigenvalue weighted by atomic mass is 79.9. The zero-order valence-corrected chi connectivity index (χ0v) is 9.41. The van der Waals surface area contributed by atoms with E-state index in [4.69, 9.17) is 4.74 Å². The number of rotatable bonds is 1. The van der Waals surface area contributed by atoms with E-state index in [0.29, 0.717) is 6.10 Å². The molecular formula is C11H10BrNO. The zero-order valence-electron chi connectivity index (χ0n) is 7.83. The third-order valence-corrected chi connectivity index (χ3v) is 3.56. The first-order chi connectivity index (χ1) is 6.79. The molecule has 1 aromatic carbocycles. The lowest BCUT2D eigenvalue weighted by molar-refractivity contribution is 0.407. The van der Waals surface area contributed by atoms with Crippen molar-refractivity contribution in [2.45, 2.75) is 6.10 Å². The van der Waals surface area contributed by atoms with E-state index in [2.05, 4.69) is 51.8 Å². The number of para-hydroxylation sites is 1. The fourth-order valence-corrected chi connectivity index (χ4v) is 2.79. The van der Waals surface area contributed by atoms with E-state index in [9.17, 15) is 0 Å². The fourth-order valence-electron chi connectivity index (χ4n) is 1.93. The van der Waals surface area contributed by atoms with Crippen molar-refractivity contribution >= 4 is 26.8 Å². The van der Waals surface area contributed by atoms with Crippen molar-refractivity contribution in [1.82, 2.24) is 4.57 Å². The first kappa shape index (κ1) is 8.50. The molecule has 2 heterocycles. The third kappa shape index (κ3) is 1.06. The number of aromatic nitrogens is 1. The van der Waals surface area contributed by atoms with Crippen LogP contribution in [0.1, 0.15) is 11.8 Å². The number of nitrogens with zero attached hydrogens (tertiary/aromatic N) is 1. The van der Waals surface area contributed by atoms with Crippen molar-refractivity contribution in [1.29, 1.82) is 0 Å². The molecule has 0 N–H and O–H groups in total. The van der Waals surface area contributed by atoms with Gasteiger partial charge < -0.3 is 9.30 Å². The van der Waals surface area contributed by atoms with Crippen LogP contribution in [-0.4, -0.2) is 11.2 Å². The maximum atomic E-state index is 5.33. The maximum absolute atomic E-state index is 5.33. The average molecular weight is 252 g/mol. The smallest absolute Gasteiger partial charge is 0.122 e. The molecule has 1 aliphatic heterocycles. The number of halogens is 1. The normalized spacial score (nSPS) is 20.3. The van der Waals surface area contributed by atoms with Crippen LogP contribution >= 0.6 is 15.9 Å². The van der Waals surface area contributed by atoms with Crippen LogP contribution in [0.15, 0.2) is 28.7 Å². The van der Waals surface area contributed by atoms with E-state index >= 15 is 0 Å². The van der Waals surface area contributed by atoms with Gasteiger partial charge in [0, 0.05) is 22.4 Å². The molecule has 1 unspecified atom stereocenters. The SMILES string of the molecule is Cn1c(C2CO2)c(Br)c2ccccc21. The van der Waals surface area contributed by atoms with Crippen LogP contribution in [0.4, 0.5) is 0 Å². The van der Waals surface area contributed by atoms with Crippen molar-refractivity contribution in [2.75, 3.05) is 6.61 Å². The zero-order chi connectivity index (χ0) is 9.71. The number of benzene rings is 1. The van der Waals surface area contributed by atoms with Crippen molar-refractivity contribution in [3.63, 3.8) is 0 Å². The number of ether oxygens (including phenoxy) is 1. The Labute approximate surface area is 90.6 Å². The van der Waals surface area contributed by atoms with Crippen LogP contribution in [0, 0.1) is 0 Å². The van der Waals surface area contributed by atoms with Crippen molar-refractivity contribution < 1.29 is 4.74 Å². The molecule has 0 aliphatic carbocycles. The minimum Gasteiger partial charge on any atom is -0.366 e. The topological polar surface area (TPSA) is 17.5 Å². The summed E-state index contributed by atoms with van der Waals surface area (Å²) in [6.45, 7) is 0.850. The number of aryl methyl sites for hydroxylation is 1. The van der Waals surface area contributed by atoms with Crippen molar-refractivity contribution in [2.24, 2.45) is 7.05 Å². The minimum atomic E-state index is 0.293. The summed E-state index contributed by atoms with van der Waals surface area (Å²) >= 11 is 3.64. The van der Waals surface area contributed by atoms with E-state index in [0.717, 1.165) is 6.61 Å². The van der Waals surface area contributed by atoms with Crippen LogP contribution in [0.2, 0.25) is 0 Å². The van der Waals surface area contributed by atoms with E-state index in [1.807, 2.05) is 0 Å². The van der Waals surface area contributed by atoms with Gasteiger partial charge in [0.25, 0.3) is 0 Å². The van der Waals surface area contributed by atoms with Gasteiger partial charge in [0.05, 0.1) is 12.3 Å². The quantitative estimate of drug-likeness (QED) is 0.713. The first-order valence-electron chi connectivity index (χ1n) is 4.63. The van der Waals surface area contributed by atoms with Gasteiger partial charge in [-0.05, 0) is 22.0 Å². The Morgan fingerprint density at radius 2 is 2.14 bits per heavy atom. The number of fused-ring (bicyclic) bond motifs is 1. The minimum absolute atomic E-state index is 0.293. The number of hydrogen-bond acceptors (Lipinski definition) is 1. The van der Waals surface area contributed by atoms with E-state index < -0.39 is 0 Å². The van der Waals surface area contributed by atoms with Gasteiger partial charge in [-0.2, -0.15) is 0 Å². The predicted molar refractivity (Wildman–Crippen MR) is 59.3 cm³/mol. The van der Waals surface area contributed by atoms with Gasteiger partial charge in [-0.15, -0.1) is 0 Å². The monoisotopic (exact) mass is 251 g/mol. The molecule has 1 aliphatic rings. The molecule has 0 bridgehead atoms. The van der Waals surface area contributed by atoms with Crippen LogP contribution in [0.3, 0.4) is 0 Å². The summed E-state index contributed by atoms with van der Waals surface area (Å²) in [5.74, 6) is 0. The van der Waals surface area contributed by atoms with Gasteiger partial charge in [0.15, 0.2) is 0 Å². The molecule has 0 saturated carbocycles. The molecule has 0 spiro atoms. The molecule has 72 valence electrons. The molecule has 14 heavy (non-hydrogen) atoms. The Morgan fingerprint density at radius 3 is 2.79 bits per heavy atom. The molecular weight excluding hydrogens is 242 g/mol. The van der Waals surface area contributed by atoms with Crippen LogP contribution in [-0.2, 0) is 11.8 Å². The molecule has 1 fully saturated rings. The highest BCUT2D eigenvalue weighted by molar-refractivity contribution is 9.10. The molecule has 1 saturated heterocycles. The summed E-state index contributed by atoms with van der Waals surface area (Å²) in [6, 6.07) is 8.38. The Morgan fingerprint density at radius 1 is 1.43 bits per heavy atom. The average Bonchev–Trinajstić information content (AvgIpc) is 2.99. The highest BCUT2D eigenvalue weighted by Gasteiger charge is 2.31. The molecule has 3 rings (SSSR count). The van der Waals surface area contributed by atoms with Crippen LogP contribution < -0.4 is 0 Å². The molecule has 0 amide bonds. The molecule has 0 radical (unpaired) electrons. The van der Waals surface area contributed by atoms with E-state index in [1.54, 1.807) is 0 Å². The maximum Gasteiger partial charge on any atom is 0.122 e. The number of hydrogen-bond donors (Lipinski definition) is 0. The molecule has 1 aromatic heterocycles. The van der Waals surface area contributed by atoms with Crippen LogP contribution in [0.25, 0.3) is 10.9 Å². The van der Waals surface area contributed by atoms with Gasteiger partial charge in [0.1, 0.15) is 6.10 Å². The molecule has 1 atom stereocenters. The largest absolute Gasteiger partial charge is 0.366 e. The molecule has 3 heteroatoms. The predicted octanol–water partition coefficient (Wildman–Crippen LogP) is 3.01. The summed E-state index contributed by atoms with van der Waals surface area (Å²) in [7, 11) is 2.09. The fraction of sp³-hybridized carbons (Fsp3) is 0.273. The van der Waals surface area contributed by atoms with Crippen molar-refractivity contribution in [3.8, 4) is 0 Å². The van der Waals surface area contributed by atoms with E-state index in [-0.39, 0.29) is 0 Å². The molecule has 2 aromatic rings. The lowest BCUT2D eigenvalue weighted by Gasteiger charge is -1.99. The van der Waals surface area contributed by atoms with Crippen molar-refractivity contribution in [3.05, 3.63) is 34.4 Å². The Hall–Kier alpha value is -0.800. The first-order valence-corrected chi connectivity index (χ1v) is 5.43. The summed E-state index contributed by atoms with van der Waals surface area (Å²) in [5, 5.41) is 1.26. The Kier molecular flexibility index (Phi) is 1.73. The van der Waals surface area contributed by atoms with Gasteiger partial charge >= 0.3 is 0 Å². The lowest BCUT2D eigenvalue weighted by Crippen LogP contribution is -1.94. The second-order valence-corrected chi connectivity index (χ2v) is 4.39. The molecule has 2 nitrogen and oxygen atoms in total. The standard InChI is InChI=1S/C11H10BrNO/c1-13-8-5-3-2-4-7(8)10(12)11(13)9-6-14-9/h2-5,9H,6H2,1H3. The lowest BCUT2D eigenvalue weighted by atomic mass is 10.2. The van der Waals surface area contributed by atoms with Gasteiger partial charge in [-0.1, -0.05) is 18.2 Å². The third-order valence-electron chi connectivity index (χ3n) is 2.73. The Balaban J connectivity index is 2.38. The van der Waals surface area contributed by atoms with Gasteiger partial charge in [-0.25, -0.2) is 0 Å². The Bertz CT molecular complexity index is 460. The van der Waals surface area contributed by atoms with E-state index in [1.165, 1.54) is 21.1 Å². The summed E-state index contributed by atoms with van der Waals surface area (Å²) in [5.41, 5.74) is 2.51. The highest BCUT2D eigenvalue weighted by Crippen LogP contribution is 2.40. The summed E-state index contributed by atoms with van der Waals surface area (Å²) < 4.78 is 8.72. The summed E-state index contributed by atoms with van der Waals surface area (Å²) in [4.78, 5) is 0. The second kappa shape index (κ2) is 2.84. The number of epoxide rings is 1. The second-order valence-electron chi connectivity index (χ2n) is 3.60. The van der Waals surface area contributed by atoms with Gasteiger partial charge in [-0.3, -0.25) is 0 Å². The van der Waals surface area contributed by atoms with Crippen LogP contribution in [0.5, 0.6) is 0 Å². The summed E-state index contributed by atoms with van der Waals surface area (Å²) in [6.07, 6.45) is 0.293.